The molecule has 0 spiro atoms. The number of hydrogen-bond acceptors (Lipinski definition) is 2. The molecule has 0 radical (unpaired) electrons. The lowest BCUT2D eigenvalue weighted by Gasteiger charge is -2.28. The standard InChI is InChI=1S/C18H18F2N2O2/c19-18(20)10-8-13(9-11-18)21-16(23)14-6-7-15(22-17(14)24)12-4-2-1-3-5-12/h1-7,13H,8-11H2,(H,21,23)(H,22,24). The van der Waals surface area contributed by atoms with Gasteiger partial charge in [0, 0.05) is 24.6 Å². The van der Waals surface area contributed by atoms with Gasteiger partial charge >= 0.3 is 0 Å². The Bertz CT molecular complexity index is 777. The molecule has 1 aromatic carbocycles. The Labute approximate surface area is 137 Å². The van der Waals surface area contributed by atoms with Crippen LogP contribution in [0.1, 0.15) is 36.0 Å². The van der Waals surface area contributed by atoms with Crippen LogP contribution >= 0.6 is 0 Å². The highest BCUT2D eigenvalue weighted by Crippen LogP contribution is 2.33. The topological polar surface area (TPSA) is 62.0 Å². The summed E-state index contributed by atoms with van der Waals surface area (Å²) >= 11 is 0. The van der Waals surface area contributed by atoms with Crippen molar-refractivity contribution in [2.45, 2.75) is 37.6 Å². The number of aromatic nitrogens is 1. The third-order valence-corrected chi connectivity index (χ3v) is 4.29. The van der Waals surface area contributed by atoms with Crippen LogP contribution in [0.3, 0.4) is 0 Å². The van der Waals surface area contributed by atoms with Gasteiger partial charge in [0.15, 0.2) is 0 Å². The number of carbonyl (C=O) groups excluding carboxylic acids is 1. The maximum atomic E-state index is 13.1. The number of halogens is 2. The van der Waals surface area contributed by atoms with Crippen molar-refractivity contribution in [1.82, 2.24) is 10.3 Å². The molecular weight excluding hydrogens is 314 g/mol. The minimum atomic E-state index is -2.64. The van der Waals surface area contributed by atoms with Gasteiger partial charge in [0.25, 0.3) is 11.5 Å². The van der Waals surface area contributed by atoms with Gasteiger partial charge in [0.1, 0.15) is 5.56 Å². The van der Waals surface area contributed by atoms with Gasteiger partial charge in [-0.2, -0.15) is 0 Å². The van der Waals surface area contributed by atoms with E-state index in [1.807, 2.05) is 30.3 Å². The number of carbonyl (C=O) groups is 1. The van der Waals surface area contributed by atoms with Crippen LogP contribution in [-0.2, 0) is 0 Å². The van der Waals surface area contributed by atoms with Crippen LogP contribution in [0.4, 0.5) is 8.78 Å². The Balaban J connectivity index is 1.71. The Morgan fingerprint density at radius 1 is 1.08 bits per heavy atom. The molecule has 6 heteroatoms. The summed E-state index contributed by atoms with van der Waals surface area (Å²) in [5.41, 5.74) is 0.965. The lowest BCUT2D eigenvalue weighted by atomic mass is 9.92. The molecule has 1 fully saturated rings. The molecule has 0 atom stereocenters. The van der Waals surface area contributed by atoms with Gasteiger partial charge in [-0.3, -0.25) is 9.59 Å². The first kappa shape index (κ1) is 16.4. The highest BCUT2D eigenvalue weighted by molar-refractivity contribution is 5.94. The van der Waals surface area contributed by atoms with Crippen LogP contribution in [0, 0.1) is 0 Å². The normalized spacial score (nSPS) is 17.4. The molecular formula is C18H18F2N2O2. The van der Waals surface area contributed by atoms with E-state index in [-0.39, 0.29) is 37.3 Å². The van der Waals surface area contributed by atoms with Crippen molar-refractivity contribution in [1.29, 1.82) is 0 Å². The van der Waals surface area contributed by atoms with Crippen molar-refractivity contribution >= 4 is 5.91 Å². The summed E-state index contributed by atoms with van der Waals surface area (Å²) in [5.74, 6) is -3.16. The highest BCUT2D eigenvalue weighted by Gasteiger charge is 2.35. The summed E-state index contributed by atoms with van der Waals surface area (Å²) < 4.78 is 26.3. The molecule has 1 aliphatic carbocycles. The zero-order chi connectivity index (χ0) is 17.2. The minimum absolute atomic E-state index is 0.00739. The van der Waals surface area contributed by atoms with Gasteiger partial charge in [-0.1, -0.05) is 30.3 Å². The van der Waals surface area contributed by atoms with E-state index in [2.05, 4.69) is 10.3 Å². The van der Waals surface area contributed by atoms with Crippen LogP contribution in [0.15, 0.2) is 47.3 Å². The lowest BCUT2D eigenvalue weighted by molar-refractivity contribution is -0.0399. The molecule has 24 heavy (non-hydrogen) atoms. The van der Waals surface area contributed by atoms with E-state index in [4.69, 9.17) is 0 Å². The summed E-state index contributed by atoms with van der Waals surface area (Å²) in [4.78, 5) is 27.1. The molecule has 3 rings (SSSR count). The molecule has 0 bridgehead atoms. The SMILES string of the molecule is O=C(NC1CCC(F)(F)CC1)c1ccc(-c2ccccc2)[nH]c1=O. The summed E-state index contributed by atoms with van der Waals surface area (Å²) in [6.45, 7) is 0. The third-order valence-electron chi connectivity index (χ3n) is 4.29. The fraction of sp³-hybridized carbons (Fsp3) is 0.333. The Morgan fingerprint density at radius 3 is 2.38 bits per heavy atom. The molecule has 0 saturated heterocycles. The predicted octanol–water partition coefficient (Wildman–Crippen LogP) is 3.35. The van der Waals surface area contributed by atoms with E-state index in [1.165, 1.54) is 6.07 Å². The number of H-pyrrole nitrogens is 1. The third kappa shape index (κ3) is 3.69. The Hall–Kier alpha value is -2.50. The Kier molecular flexibility index (Phi) is 4.46. The maximum Gasteiger partial charge on any atom is 0.261 e. The molecule has 0 aliphatic heterocycles. The van der Waals surface area contributed by atoms with E-state index in [9.17, 15) is 18.4 Å². The predicted molar refractivity (Wildman–Crippen MR) is 87.2 cm³/mol. The number of rotatable bonds is 3. The molecule has 1 aromatic heterocycles. The fourth-order valence-electron chi connectivity index (χ4n) is 2.89. The van der Waals surface area contributed by atoms with Crippen molar-refractivity contribution in [3.63, 3.8) is 0 Å². The number of benzene rings is 1. The van der Waals surface area contributed by atoms with Gasteiger partial charge in [0.2, 0.25) is 5.92 Å². The van der Waals surface area contributed by atoms with E-state index in [0.29, 0.717) is 5.69 Å². The summed E-state index contributed by atoms with van der Waals surface area (Å²) in [7, 11) is 0. The van der Waals surface area contributed by atoms with E-state index in [1.54, 1.807) is 6.07 Å². The molecule has 2 N–H and O–H groups in total. The summed E-state index contributed by atoms with van der Waals surface area (Å²) in [6, 6.07) is 12.1. The lowest BCUT2D eigenvalue weighted by Crippen LogP contribution is -2.41. The van der Waals surface area contributed by atoms with Gasteiger partial charge in [-0.05, 0) is 30.5 Å². The molecule has 1 saturated carbocycles. The van der Waals surface area contributed by atoms with Crippen LogP contribution in [0.25, 0.3) is 11.3 Å². The van der Waals surface area contributed by atoms with Gasteiger partial charge in [-0.15, -0.1) is 0 Å². The van der Waals surface area contributed by atoms with Crippen LogP contribution in [-0.4, -0.2) is 22.9 Å². The molecule has 1 heterocycles. The largest absolute Gasteiger partial charge is 0.349 e. The van der Waals surface area contributed by atoms with Crippen LogP contribution in [0.5, 0.6) is 0 Å². The number of alkyl halides is 2. The smallest absolute Gasteiger partial charge is 0.261 e. The molecule has 2 aromatic rings. The molecule has 126 valence electrons. The average Bonchev–Trinajstić information content (AvgIpc) is 2.57. The van der Waals surface area contributed by atoms with Gasteiger partial charge < -0.3 is 10.3 Å². The number of hydrogen-bond donors (Lipinski definition) is 2. The molecule has 0 unspecified atom stereocenters. The summed E-state index contributed by atoms with van der Waals surface area (Å²) in [6.07, 6.45) is -0.0278. The first-order valence-electron chi connectivity index (χ1n) is 7.92. The highest BCUT2D eigenvalue weighted by atomic mass is 19.3. The van der Waals surface area contributed by atoms with Crippen molar-refractivity contribution < 1.29 is 13.6 Å². The van der Waals surface area contributed by atoms with Gasteiger partial charge in [-0.25, -0.2) is 8.78 Å². The number of amides is 1. The second-order valence-electron chi connectivity index (χ2n) is 6.08. The van der Waals surface area contributed by atoms with Crippen molar-refractivity contribution in [3.8, 4) is 11.3 Å². The molecule has 4 nitrogen and oxygen atoms in total. The second kappa shape index (κ2) is 6.55. The average molecular weight is 332 g/mol. The zero-order valence-electron chi connectivity index (χ0n) is 13.0. The first-order chi connectivity index (χ1) is 11.4. The van der Waals surface area contributed by atoms with E-state index < -0.39 is 17.4 Å². The number of nitrogens with one attached hydrogen (secondary N) is 2. The first-order valence-corrected chi connectivity index (χ1v) is 7.92. The zero-order valence-corrected chi connectivity index (χ0v) is 13.0. The molecule has 1 amide bonds. The van der Waals surface area contributed by atoms with Crippen LogP contribution < -0.4 is 10.9 Å². The van der Waals surface area contributed by atoms with Gasteiger partial charge in [0.05, 0.1) is 0 Å². The van der Waals surface area contributed by atoms with Crippen molar-refractivity contribution in [3.05, 3.63) is 58.4 Å². The number of pyridine rings is 1. The number of aromatic amines is 1. The van der Waals surface area contributed by atoms with Crippen molar-refractivity contribution in [2.75, 3.05) is 0 Å². The fourth-order valence-corrected chi connectivity index (χ4v) is 2.89. The van der Waals surface area contributed by atoms with E-state index >= 15 is 0 Å². The summed E-state index contributed by atoms with van der Waals surface area (Å²) in [5, 5.41) is 2.68. The maximum absolute atomic E-state index is 13.1. The molecule has 1 aliphatic rings. The quantitative estimate of drug-likeness (QED) is 0.905. The van der Waals surface area contributed by atoms with Crippen molar-refractivity contribution in [2.24, 2.45) is 0 Å². The second-order valence-corrected chi connectivity index (χ2v) is 6.08. The van der Waals surface area contributed by atoms with Crippen LogP contribution in [0.2, 0.25) is 0 Å². The van der Waals surface area contributed by atoms with E-state index in [0.717, 1.165) is 5.56 Å². The minimum Gasteiger partial charge on any atom is -0.349 e. The Morgan fingerprint density at radius 2 is 1.75 bits per heavy atom. The monoisotopic (exact) mass is 332 g/mol.